The van der Waals surface area contributed by atoms with Gasteiger partial charge >= 0.3 is 0 Å². The first kappa shape index (κ1) is 17.9. The van der Waals surface area contributed by atoms with E-state index in [1.54, 1.807) is 18.2 Å². The van der Waals surface area contributed by atoms with Crippen molar-refractivity contribution in [1.82, 2.24) is 9.29 Å². The number of rotatable bonds is 3. The van der Waals surface area contributed by atoms with Crippen LogP contribution in [0, 0.1) is 5.95 Å². The topological polar surface area (TPSA) is 70.5 Å². The van der Waals surface area contributed by atoms with Gasteiger partial charge in [-0.25, -0.2) is 13.4 Å². The highest BCUT2D eigenvalue weighted by Crippen LogP contribution is 2.48. The maximum Gasteiger partial charge on any atom is 0.243 e. The molecule has 1 aromatic heterocycles. The van der Waals surface area contributed by atoms with E-state index in [4.69, 9.17) is 11.6 Å². The minimum Gasteiger partial charge on any atom is -0.385 e. The average Bonchev–Trinajstić information content (AvgIpc) is 2.89. The molecule has 0 amide bonds. The van der Waals surface area contributed by atoms with Crippen LogP contribution in [-0.2, 0) is 15.6 Å². The predicted molar refractivity (Wildman–Crippen MR) is 94.6 cm³/mol. The second-order valence-electron chi connectivity index (χ2n) is 6.96. The smallest absolute Gasteiger partial charge is 0.243 e. The van der Waals surface area contributed by atoms with Crippen LogP contribution in [0.5, 0.6) is 0 Å². The molecule has 0 radical (unpaired) electrons. The molecule has 3 heterocycles. The summed E-state index contributed by atoms with van der Waals surface area (Å²) in [6.45, 7) is 0. The van der Waals surface area contributed by atoms with Gasteiger partial charge in [0.1, 0.15) is 0 Å². The molecule has 5 nitrogen and oxygen atoms in total. The number of hydrogen-bond acceptors (Lipinski definition) is 4. The van der Waals surface area contributed by atoms with Gasteiger partial charge in [-0.05, 0) is 56.0 Å². The molecule has 2 saturated heterocycles. The number of nitrogens with zero attached hydrogens (tertiary/aromatic N) is 2. The van der Waals surface area contributed by atoms with Gasteiger partial charge in [-0.15, -0.1) is 0 Å². The number of sulfonamides is 1. The van der Waals surface area contributed by atoms with Crippen LogP contribution in [-0.4, -0.2) is 34.9 Å². The summed E-state index contributed by atoms with van der Waals surface area (Å²) in [5.41, 5.74) is -1.27. The van der Waals surface area contributed by atoms with Crippen molar-refractivity contribution in [2.24, 2.45) is 0 Å². The number of fused-ring (bicyclic) bond motifs is 2. The Bertz CT molecular complexity index is 922. The van der Waals surface area contributed by atoms with E-state index in [0.717, 1.165) is 0 Å². The first-order valence-electron chi connectivity index (χ1n) is 8.44. The zero-order valence-electron chi connectivity index (χ0n) is 13.8. The van der Waals surface area contributed by atoms with Gasteiger partial charge in [-0.2, -0.15) is 8.70 Å². The second kappa shape index (κ2) is 6.27. The summed E-state index contributed by atoms with van der Waals surface area (Å²) in [5.74, 6) is -0.705. The van der Waals surface area contributed by atoms with Crippen molar-refractivity contribution in [3.8, 4) is 0 Å². The molecule has 2 aromatic rings. The minimum atomic E-state index is -3.70. The first-order valence-corrected chi connectivity index (χ1v) is 10.3. The summed E-state index contributed by atoms with van der Waals surface area (Å²) in [7, 11) is -3.70. The fourth-order valence-corrected chi connectivity index (χ4v) is 6.25. The Morgan fingerprint density at radius 2 is 1.77 bits per heavy atom. The van der Waals surface area contributed by atoms with Gasteiger partial charge in [-0.1, -0.05) is 17.7 Å². The zero-order chi connectivity index (χ0) is 18.5. The first-order chi connectivity index (χ1) is 12.3. The SMILES string of the molecule is O=S(=O)(c1ccc(Cl)cc1)N1C2CCC1CC(O)(c1cccnc1F)C2. The number of aliphatic hydroxyl groups is 1. The number of halogens is 2. The second-order valence-corrected chi connectivity index (χ2v) is 9.24. The Morgan fingerprint density at radius 1 is 1.15 bits per heavy atom. The molecular weight excluding hydrogens is 379 g/mol. The van der Waals surface area contributed by atoms with Gasteiger partial charge in [0, 0.05) is 28.9 Å². The number of benzene rings is 1. The summed E-state index contributed by atoms with van der Waals surface area (Å²) in [4.78, 5) is 3.80. The molecule has 2 bridgehead atoms. The Labute approximate surface area is 156 Å². The van der Waals surface area contributed by atoms with E-state index < -0.39 is 21.6 Å². The van der Waals surface area contributed by atoms with Crippen molar-refractivity contribution in [1.29, 1.82) is 0 Å². The summed E-state index contributed by atoms with van der Waals surface area (Å²) >= 11 is 5.85. The third-order valence-electron chi connectivity index (χ3n) is 5.35. The molecule has 0 saturated carbocycles. The summed E-state index contributed by atoms with van der Waals surface area (Å²) in [6, 6.07) is 8.40. The van der Waals surface area contributed by atoms with Gasteiger partial charge in [0.2, 0.25) is 16.0 Å². The lowest BCUT2D eigenvalue weighted by atomic mass is 9.82. The van der Waals surface area contributed by atoms with E-state index in [2.05, 4.69) is 4.98 Å². The van der Waals surface area contributed by atoms with Crippen LogP contribution < -0.4 is 0 Å². The molecule has 2 fully saturated rings. The molecule has 0 spiro atoms. The van der Waals surface area contributed by atoms with Crippen molar-refractivity contribution >= 4 is 21.6 Å². The highest BCUT2D eigenvalue weighted by molar-refractivity contribution is 7.89. The fourth-order valence-electron chi connectivity index (χ4n) is 4.26. The molecule has 0 aliphatic carbocycles. The lowest BCUT2D eigenvalue weighted by Crippen LogP contribution is -2.52. The lowest BCUT2D eigenvalue weighted by Gasteiger charge is -2.43. The standard InChI is InChI=1S/C18H18ClFN2O3S/c19-12-3-7-15(8-4-12)26(24,25)22-13-5-6-14(22)11-18(23,10-13)16-2-1-9-21-17(16)20/h1-4,7-9,13-14,23H,5-6,10-11H2. The monoisotopic (exact) mass is 396 g/mol. The maximum absolute atomic E-state index is 14.1. The molecule has 1 aromatic carbocycles. The van der Waals surface area contributed by atoms with E-state index in [9.17, 15) is 17.9 Å². The van der Waals surface area contributed by atoms with Crippen molar-refractivity contribution in [3.05, 3.63) is 59.1 Å². The molecule has 2 unspecified atom stereocenters. The highest BCUT2D eigenvalue weighted by atomic mass is 35.5. The lowest BCUT2D eigenvalue weighted by molar-refractivity contribution is -0.0370. The maximum atomic E-state index is 14.1. The molecular formula is C18H18ClFN2O3S. The summed E-state index contributed by atoms with van der Waals surface area (Å²) < 4.78 is 41.8. The van der Waals surface area contributed by atoms with Crippen molar-refractivity contribution in [2.45, 2.75) is 48.3 Å². The van der Waals surface area contributed by atoms with Crippen LogP contribution in [0.4, 0.5) is 4.39 Å². The van der Waals surface area contributed by atoms with Crippen LogP contribution in [0.3, 0.4) is 0 Å². The minimum absolute atomic E-state index is 0.139. The average molecular weight is 397 g/mol. The quantitative estimate of drug-likeness (QED) is 0.809. The summed E-state index contributed by atoms with van der Waals surface area (Å²) in [5, 5.41) is 11.5. The van der Waals surface area contributed by atoms with Crippen LogP contribution in [0.2, 0.25) is 5.02 Å². The van der Waals surface area contributed by atoms with Gasteiger partial charge in [0.25, 0.3) is 0 Å². The van der Waals surface area contributed by atoms with Gasteiger partial charge in [0.05, 0.1) is 10.5 Å². The van der Waals surface area contributed by atoms with E-state index in [1.807, 2.05) is 0 Å². The van der Waals surface area contributed by atoms with E-state index in [-0.39, 0.29) is 35.4 Å². The largest absolute Gasteiger partial charge is 0.385 e. The number of hydrogen-bond donors (Lipinski definition) is 1. The van der Waals surface area contributed by atoms with Crippen molar-refractivity contribution in [3.63, 3.8) is 0 Å². The van der Waals surface area contributed by atoms with Crippen LogP contribution in [0.15, 0.2) is 47.5 Å². The van der Waals surface area contributed by atoms with E-state index in [0.29, 0.717) is 17.9 Å². The van der Waals surface area contributed by atoms with Crippen LogP contribution in [0.25, 0.3) is 0 Å². The molecule has 2 aliphatic rings. The van der Waals surface area contributed by atoms with Gasteiger partial charge in [-0.3, -0.25) is 0 Å². The Kier molecular flexibility index (Phi) is 4.30. The van der Waals surface area contributed by atoms with E-state index >= 15 is 0 Å². The zero-order valence-corrected chi connectivity index (χ0v) is 15.4. The van der Waals surface area contributed by atoms with Crippen molar-refractivity contribution < 1.29 is 17.9 Å². The number of pyridine rings is 1. The molecule has 2 aliphatic heterocycles. The fraction of sp³-hybridized carbons (Fsp3) is 0.389. The van der Waals surface area contributed by atoms with Crippen LogP contribution in [0.1, 0.15) is 31.2 Å². The third kappa shape index (κ3) is 2.83. The van der Waals surface area contributed by atoms with Gasteiger partial charge in [0.15, 0.2) is 0 Å². The Balaban J connectivity index is 1.67. The molecule has 2 atom stereocenters. The molecule has 26 heavy (non-hydrogen) atoms. The van der Waals surface area contributed by atoms with E-state index in [1.165, 1.54) is 28.7 Å². The predicted octanol–water partition coefficient (Wildman–Crippen LogP) is 3.08. The summed E-state index contributed by atoms with van der Waals surface area (Å²) in [6.07, 6.45) is 2.91. The van der Waals surface area contributed by atoms with Gasteiger partial charge < -0.3 is 5.11 Å². The normalized spacial score (nSPS) is 29.0. The molecule has 8 heteroatoms. The molecule has 4 rings (SSSR count). The number of piperidine rings is 1. The molecule has 138 valence electrons. The Morgan fingerprint density at radius 3 is 2.35 bits per heavy atom. The Hall–Kier alpha value is -1.54. The van der Waals surface area contributed by atoms with Crippen LogP contribution >= 0.6 is 11.6 Å². The third-order valence-corrected chi connectivity index (χ3v) is 7.62. The molecule has 1 N–H and O–H groups in total. The highest BCUT2D eigenvalue weighted by Gasteiger charge is 2.53. The van der Waals surface area contributed by atoms with Crippen molar-refractivity contribution in [2.75, 3.05) is 0 Å². The number of aromatic nitrogens is 1.